The van der Waals surface area contributed by atoms with Crippen LogP contribution in [0.4, 0.5) is 4.39 Å². The normalized spacial score (nSPS) is 25.1. The predicted molar refractivity (Wildman–Crippen MR) is 78.2 cm³/mol. The van der Waals surface area contributed by atoms with E-state index in [0.29, 0.717) is 12.5 Å². The van der Waals surface area contributed by atoms with Gasteiger partial charge < -0.3 is 10.1 Å². The van der Waals surface area contributed by atoms with Gasteiger partial charge in [0.05, 0.1) is 18.4 Å². The zero-order chi connectivity index (χ0) is 14.7. The molecule has 0 saturated heterocycles. The summed E-state index contributed by atoms with van der Waals surface area (Å²) in [7, 11) is 0. The van der Waals surface area contributed by atoms with E-state index >= 15 is 0 Å². The molecule has 0 radical (unpaired) electrons. The zero-order valence-electron chi connectivity index (χ0n) is 12.0. The smallest absolute Gasteiger partial charge is 0.250 e. The maximum atomic E-state index is 13.0. The number of rotatable bonds is 3. The summed E-state index contributed by atoms with van der Waals surface area (Å²) in [5.41, 5.74) is 1.90. The maximum Gasteiger partial charge on any atom is 0.250 e. The van der Waals surface area contributed by atoms with Gasteiger partial charge in [-0.3, -0.25) is 4.79 Å². The minimum Gasteiger partial charge on any atom is -0.501 e. The van der Waals surface area contributed by atoms with Crippen molar-refractivity contribution >= 4 is 5.91 Å². The van der Waals surface area contributed by atoms with Crippen molar-refractivity contribution < 1.29 is 13.9 Å². The Balaban J connectivity index is 1.56. The third kappa shape index (κ3) is 3.43. The average molecular weight is 289 g/mol. The summed E-state index contributed by atoms with van der Waals surface area (Å²) in [6.45, 7) is 0.701. The first-order valence-corrected chi connectivity index (χ1v) is 7.59. The van der Waals surface area contributed by atoms with Crippen LogP contribution in [0.3, 0.4) is 0 Å². The predicted octanol–water partition coefficient (Wildman–Crippen LogP) is 3.27. The Morgan fingerprint density at radius 1 is 1.24 bits per heavy atom. The van der Waals surface area contributed by atoms with E-state index < -0.39 is 0 Å². The fourth-order valence-electron chi connectivity index (χ4n) is 3.16. The number of hydrogen-bond acceptors (Lipinski definition) is 2. The van der Waals surface area contributed by atoms with Crippen LogP contribution in [-0.4, -0.2) is 18.6 Å². The molecule has 112 valence electrons. The van der Waals surface area contributed by atoms with Gasteiger partial charge >= 0.3 is 0 Å². The Labute approximate surface area is 124 Å². The average Bonchev–Trinajstić information content (AvgIpc) is 2.97. The van der Waals surface area contributed by atoms with Crippen molar-refractivity contribution in [1.29, 1.82) is 0 Å². The Morgan fingerprint density at radius 2 is 2.05 bits per heavy atom. The minimum atomic E-state index is -0.203. The van der Waals surface area contributed by atoms with Crippen LogP contribution >= 0.6 is 0 Å². The van der Waals surface area contributed by atoms with Crippen LogP contribution < -0.4 is 5.32 Å². The summed E-state index contributed by atoms with van der Waals surface area (Å²) in [5, 5.41) is 3.10. The van der Waals surface area contributed by atoms with Crippen LogP contribution in [0, 0.1) is 5.82 Å². The van der Waals surface area contributed by atoms with Gasteiger partial charge in [-0.25, -0.2) is 4.39 Å². The van der Waals surface area contributed by atoms with E-state index in [4.69, 9.17) is 4.74 Å². The molecule has 2 atom stereocenters. The van der Waals surface area contributed by atoms with Crippen molar-refractivity contribution in [2.45, 2.75) is 44.1 Å². The molecule has 4 heteroatoms. The second kappa shape index (κ2) is 6.29. The number of carbonyl (C=O) groups is 1. The van der Waals surface area contributed by atoms with Crippen LogP contribution in [0.5, 0.6) is 0 Å². The van der Waals surface area contributed by atoms with Crippen LogP contribution in [0.15, 0.2) is 36.1 Å². The van der Waals surface area contributed by atoms with Crippen molar-refractivity contribution in [2.24, 2.45) is 0 Å². The molecule has 1 aromatic carbocycles. The Kier molecular flexibility index (Phi) is 4.23. The van der Waals surface area contributed by atoms with Gasteiger partial charge in [0.25, 0.3) is 5.91 Å². The standard InChI is InChI=1S/C17H20FNO2/c18-15-6-3-12(4-7-15)13-5-8-16(10-13)19-17(20)14-2-1-9-21-11-14/h3-4,6-7,11,13,16H,1-2,5,8-10H2,(H,19,20)/t13-,16-/m1/s1. The summed E-state index contributed by atoms with van der Waals surface area (Å²) < 4.78 is 18.2. The molecule has 21 heavy (non-hydrogen) atoms. The van der Waals surface area contributed by atoms with Gasteiger partial charge in [-0.15, -0.1) is 0 Å². The first-order chi connectivity index (χ1) is 10.2. The molecule has 3 nitrogen and oxygen atoms in total. The lowest BCUT2D eigenvalue weighted by atomic mass is 9.97. The second-order valence-corrected chi connectivity index (χ2v) is 5.85. The highest BCUT2D eigenvalue weighted by Crippen LogP contribution is 2.34. The summed E-state index contributed by atoms with van der Waals surface area (Å²) >= 11 is 0. The Morgan fingerprint density at radius 3 is 2.76 bits per heavy atom. The molecule has 1 fully saturated rings. The molecule has 1 aromatic rings. The third-order valence-electron chi connectivity index (χ3n) is 4.33. The topological polar surface area (TPSA) is 38.3 Å². The van der Waals surface area contributed by atoms with E-state index in [1.807, 2.05) is 12.1 Å². The number of benzene rings is 1. The lowest BCUT2D eigenvalue weighted by Crippen LogP contribution is -2.34. The molecule has 3 rings (SSSR count). The number of nitrogens with one attached hydrogen (secondary N) is 1. The minimum absolute atomic E-state index is 0.000504. The molecule has 1 N–H and O–H groups in total. The van der Waals surface area contributed by atoms with Crippen LogP contribution in [0.1, 0.15) is 43.6 Å². The summed E-state index contributed by atoms with van der Waals surface area (Å²) in [5.74, 6) is 0.206. The molecule has 1 aliphatic carbocycles. The van der Waals surface area contributed by atoms with E-state index in [9.17, 15) is 9.18 Å². The van der Waals surface area contributed by atoms with Gasteiger partial charge in [-0.2, -0.15) is 0 Å². The highest BCUT2D eigenvalue weighted by molar-refractivity contribution is 5.93. The lowest BCUT2D eigenvalue weighted by Gasteiger charge is -2.17. The maximum absolute atomic E-state index is 13.0. The quantitative estimate of drug-likeness (QED) is 0.927. The van der Waals surface area contributed by atoms with E-state index in [0.717, 1.165) is 43.2 Å². The molecule has 0 aromatic heterocycles. The molecular weight excluding hydrogens is 269 g/mol. The van der Waals surface area contributed by atoms with Gasteiger partial charge in [0.15, 0.2) is 0 Å². The van der Waals surface area contributed by atoms with E-state index in [-0.39, 0.29) is 17.8 Å². The second-order valence-electron chi connectivity index (χ2n) is 5.85. The third-order valence-corrected chi connectivity index (χ3v) is 4.33. The molecule has 0 bridgehead atoms. The monoisotopic (exact) mass is 289 g/mol. The molecular formula is C17H20FNO2. The van der Waals surface area contributed by atoms with Gasteiger partial charge in [-0.1, -0.05) is 12.1 Å². The summed E-state index contributed by atoms with van der Waals surface area (Å²) in [6, 6.07) is 6.91. The van der Waals surface area contributed by atoms with Crippen molar-refractivity contribution in [2.75, 3.05) is 6.61 Å². The largest absolute Gasteiger partial charge is 0.501 e. The summed E-state index contributed by atoms with van der Waals surface area (Å²) in [6.07, 6.45) is 6.22. The highest BCUT2D eigenvalue weighted by Gasteiger charge is 2.28. The van der Waals surface area contributed by atoms with Crippen molar-refractivity contribution in [1.82, 2.24) is 5.32 Å². The first kappa shape index (κ1) is 14.1. The van der Waals surface area contributed by atoms with E-state index in [2.05, 4.69) is 5.32 Å². The van der Waals surface area contributed by atoms with Crippen molar-refractivity contribution in [3.05, 3.63) is 47.5 Å². The molecule has 1 saturated carbocycles. The molecule has 2 aliphatic rings. The lowest BCUT2D eigenvalue weighted by molar-refractivity contribution is -0.118. The SMILES string of the molecule is O=C(N[C@@H]1CC[C@@H](c2ccc(F)cc2)C1)C1=COCCC1. The van der Waals surface area contributed by atoms with Crippen LogP contribution in [0.2, 0.25) is 0 Å². The molecule has 1 amide bonds. The van der Waals surface area contributed by atoms with Crippen LogP contribution in [-0.2, 0) is 9.53 Å². The number of halogens is 1. The van der Waals surface area contributed by atoms with Crippen molar-refractivity contribution in [3.8, 4) is 0 Å². The molecule has 1 heterocycles. The number of ether oxygens (including phenoxy) is 1. The first-order valence-electron chi connectivity index (χ1n) is 7.59. The van der Waals surface area contributed by atoms with Crippen molar-refractivity contribution in [3.63, 3.8) is 0 Å². The van der Waals surface area contributed by atoms with E-state index in [1.54, 1.807) is 6.26 Å². The Bertz CT molecular complexity index is 538. The molecule has 1 aliphatic heterocycles. The zero-order valence-corrected chi connectivity index (χ0v) is 12.0. The number of hydrogen-bond donors (Lipinski definition) is 1. The number of carbonyl (C=O) groups excluding carboxylic acids is 1. The number of amides is 1. The van der Waals surface area contributed by atoms with Crippen LogP contribution in [0.25, 0.3) is 0 Å². The molecule has 0 spiro atoms. The molecule has 0 unspecified atom stereocenters. The van der Waals surface area contributed by atoms with Gasteiger partial charge in [-0.05, 0) is 55.7 Å². The van der Waals surface area contributed by atoms with Gasteiger partial charge in [0.1, 0.15) is 5.82 Å². The fourth-order valence-corrected chi connectivity index (χ4v) is 3.16. The Hall–Kier alpha value is -1.84. The van der Waals surface area contributed by atoms with E-state index in [1.165, 1.54) is 12.1 Å². The fraction of sp³-hybridized carbons (Fsp3) is 0.471. The summed E-state index contributed by atoms with van der Waals surface area (Å²) in [4.78, 5) is 12.1. The van der Waals surface area contributed by atoms with Gasteiger partial charge in [0, 0.05) is 6.04 Å². The van der Waals surface area contributed by atoms with Gasteiger partial charge in [0.2, 0.25) is 0 Å². The highest BCUT2D eigenvalue weighted by atomic mass is 19.1.